The van der Waals surface area contributed by atoms with Crippen LogP contribution in [0.4, 0.5) is 0 Å². The van der Waals surface area contributed by atoms with Crippen LogP contribution in [0.3, 0.4) is 0 Å². The number of carbonyl (C=O) groups excluding carboxylic acids is 1. The molecule has 0 saturated heterocycles. The van der Waals surface area contributed by atoms with Gasteiger partial charge in [0, 0.05) is 24.8 Å². The first-order valence-electron chi connectivity index (χ1n) is 5.66. The van der Waals surface area contributed by atoms with Crippen LogP contribution in [0.5, 0.6) is 0 Å². The van der Waals surface area contributed by atoms with Crippen LogP contribution >= 0.6 is 0 Å². The Bertz CT molecular complexity index is 509. The molecular weight excluding hydrogens is 230 g/mol. The Kier molecular flexibility index (Phi) is 4.09. The quantitative estimate of drug-likeness (QED) is 0.783. The molecule has 0 amide bonds. The summed E-state index contributed by atoms with van der Waals surface area (Å²) in [6.45, 7) is 1.31. The normalized spacial score (nSPS) is 10.3. The third-order valence-corrected chi connectivity index (χ3v) is 2.62. The molecule has 0 saturated carbocycles. The topological polar surface area (TPSA) is 67.0 Å². The fourth-order valence-corrected chi connectivity index (χ4v) is 1.70. The van der Waals surface area contributed by atoms with Crippen molar-refractivity contribution in [1.29, 1.82) is 0 Å². The lowest BCUT2D eigenvalue weighted by Crippen LogP contribution is -2.15. The first-order valence-corrected chi connectivity index (χ1v) is 5.66. The van der Waals surface area contributed by atoms with Gasteiger partial charge in [-0.15, -0.1) is 0 Å². The minimum atomic E-state index is -0.310. The maximum absolute atomic E-state index is 11.6. The van der Waals surface area contributed by atoms with E-state index in [1.807, 2.05) is 24.4 Å². The van der Waals surface area contributed by atoms with Crippen molar-refractivity contribution in [3.8, 4) is 0 Å². The second-order valence-electron chi connectivity index (χ2n) is 3.86. The molecule has 0 unspecified atom stereocenters. The Labute approximate surface area is 105 Å². The van der Waals surface area contributed by atoms with Gasteiger partial charge in [0.15, 0.2) is 0 Å². The first kappa shape index (κ1) is 12.3. The lowest BCUT2D eigenvalue weighted by Gasteiger charge is -2.08. The standard InChI is InChI=1S/C13H15N3O2/c1-18-13(17)12-5-3-2-4-11(12)9-14-6-10-7-15-16-8-10/h2-5,7-8,14H,6,9H2,1H3,(H,15,16). The zero-order valence-electron chi connectivity index (χ0n) is 10.1. The van der Waals surface area contributed by atoms with E-state index in [2.05, 4.69) is 15.5 Å². The minimum absolute atomic E-state index is 0.310. The van der Waals surface area contributed by atoms with E-state index in [0.717, 1.165) is 11.1 Å². The van der Waals surface area contributed by atoms with Crippen molar-refractivity contribution in [2.45, 2.75) is 13.1 Å². The molecule has 0 spiro atoms. The number of nitrogens with one attached hydrogen (secondary N) is 2. The van der Waals surface area contributed by atoms with Crippen molar-refractivity contribution in [2.75, 3.05) is 7.11 Å². The number of methoxy groups -OCH3 is 1. The van der Waals surface area contributed by atoms with Crippen LogP contribution in [0.2, 0.25) is 0 Å². The zero-order valence-corrected chi connectivity index (χ0v) is 10.1. The van der Waals surface area contributed by atoms with Gasteiger partial charge in [-0.1, -0.05) is 18.2 Å². The van der Waals surface area contributed by atoms with Gasteiger partial charge in [0.1, 0.15) is 0 Å². The summed E-state index contributed by atoms with van der Waals surface area (Å²) in [5.41, 5.74) is 2.60. The summed E-state index contributed by atoms with van der Waals surface area (Å²) in [6, 6.07) is 7.41. The van der Waals surface area contributed by atoms with Crippen molar-refractivity contribution >= 4 is 5.97 Å². The summed E-state index contributed by atoms with van der Waals surface area (Å²) in [6.07, 6.45) is 3.60. The lowest BCUT2D eigenvalue weighted by molar-refractivity contribution is 0.0599. The highest BCUT2D eigenvalue weighted by molar-refractivity contribution is 5.90. The molecule has 2 N–H and O–H groups in total. The van der Waals surface area contributed by atoms with E-state index in [0.29, 0.717) is 18.7 Å². The Morgan fingerprint density at radius 1 is 1.39 bits per heavy atom. The Morgan fingerprint density at radius 3 is 2.94 bits per heavy atom. The van der Waals surface area contributed by atoms with E-state index in [9.17, 15) is 4.79 Å². The van der Waals surface area contributed by atoms with E-state index in [-0.39, 0.29) is 5.97 Å². The first-order chi connectivity index (χ1) is 8.81. The summed E-state index contributed by atoms with van der Waals surface area (Å²) < 4.78 is 4.75. The Balaban J connectivity index is 1.98. The van der Waals surface area contributed by atoms with Crippen LogP contribution in [-0.2, 0) is 17.8 Å². The smallest absolute Gasteiger partial charge is 0.338 e. The maximum atomic E-state index is 11.6. The molecule has 0 fully saturated rings. The number of esters is 1. The number of H-pyrrole nitrogens is 1. The summed E-state index contributed by atoms with van der Waals surface area (Å²) in [4.78, 5) is 11.6. The number of aromatic amines is 1. The minimum Gasteiger partial charge on any atom is -0.465 e. The predicted octanol–water partition coefficient (Wildman–Crippen LogP) is 1.49. The van der Waals surface area contributed by atoms with E-state index in [4.69, 9.17) is 4.74 Å². The second kappa shape index (κ2) is 5.97. The third kappa shape index (κ3) is 2.95. The van der Waals surface area contributed by atoms with E-state index < -0.39 is 0 Å². The van der Waals surface area contributed by atoms with Crippen LogP contribution in [0.25, 0.3) is 0 Å². The van der Waals surface area contributed by atoms with E-state index in [1.165, 1.54) is 7.11 Å². The van der Waals surface area contributed by atoms with Crippen molar-refractivity contribution < 1.29 is 9.53 Å². The van der Waals surface area contributed by atoms with Gasteiger partial charge in [-0.3, -0.25) is 5.10 Å². The average molecular weight is 245 g/mol. The van der Waals surface area contributed by atoms with Crippen LogP contribution < -0.4 is 5.32 Å². The largest absolute Gasteiger partial charge is 0.465 e. The van der Waals surface area contributed by atoms with Gasteiger partial charge in [0.05, 0.1) is 18.9 Å². The number of hydrogen-bond donors (Lipinski definition) is 2. The highest BCUT2D eigenvalue weighted by atomic mass is 16.5. The fourth-order valence-electron chi connectivity index (χ4n) is 1.70. The third-order valence-electron chi connectivity index (χ3n) is 2.62. The molecule has 0 radical (unpaired) electrons. The molecule has 1 aromatic heterocycles. The average Bonchev–Trinajstić information content (AvgIpc) is 2.92. The van der Waals surface area contributed by atoms with Crippen LogP contribution in [0.1, 0.15) is 21.5 Å². The molecule has 1 heterocycles. The number of aromatic nitrogens is 2. The summed E-state index contributed by atoms with van der Waals surface area (Å²) >= 11 is 0. The zero-order chi connectivity index (χ0) is 12.8. The predicted molar refractivity (Wildman–Crippen MR) is 66.9 cm³/mol. The van der Waals surface area contributed by atoms with Gasteiger partial charge in [-0.25, -0.2) is 4.79 Å². The molecule has 0 atom stereocenters. The monoisotopic (exact) mass is 245 g/mol. The highest BCUT2D eigenvalue weighted by Gasteiger charge is 2.10. The molecule has 94 valence electrons. The van der Waals surface area contributed by atoms with Crippen molar-refractivity contribution in [3.05, 3.63) is 53.3 Å². The Hall–Kier alpha value is -2.14. The molecule has 5 heteroatoms. The second-order valence-corrected chi connectivity index (χ2v) is 3.86. The van der Waals surface area contributed by atoms with Gasteiger partial charge >= 0.3 is 5.97 Å². The molecule has 0 aliphatic rings. The van der Waals surface area contributed by atoms with Gasteiger partial charge in [0.2, 0.25) is 0 Å². The Morgan fingerprint density at radius 2 is 2.22 bits per heavy atom. The number of benzene rings is 1. The molecule has 0 aliphatic heterocycles. The lowest BCUT2D eigenvalue weighted by atomic mass is 10.1. The van der Waals surface area contributed by atoms with Crippen molar-refractivity contribution in [2.24, 2.45) is 0 Å². The van der Waals surface area contributed by atoms with Crippen molar-refractivity contribution in [3.63, 3.8) is 0 Å². The molecule has 0 aliphatic carbocycles. The van der Waals surface area contributed by atoms with Gasteiger partial charge in [-0.2, -0.15) is 5.10 Å². The summed E-state index contributed by atoms with van der Waals surface area (Å²) in [7, 11) is 1.39. The summed E-state index contributed by atoms with van der Waals surface area (Å²) in [5, 5.41) is 9.88. The SMILES string of the molecule is COC(=O)c1ccccc1CNCc1cn[nH]c1. The van der Waals surface area contributed by atoms with E-state index >= 15 is 0 Å². The summed E-state index contributed by atoms with van der Waals surface area (Å²) in [5.74, 6) is -0.310. The van der Waals surface area contributed by atoms with Crippen LogP contribution in [0.15, 0.2) is 36.7 Å². The van der Waals surface area contributed by atoms with Crippen LogP contribution in [0, 0.1) is 0 Å². The number of nitrogens with zero attached hydrogens (tertiary/aromatic N) is 1. The number of carbonyl (C=O) groups is 1. The van der Waals surface area contributed by atoms with Crippen molar-refractivity contribution in [1.82, 2.24) is 15.5 Å². The number of ether oxygens (including phenoxy) is 1. The highest BCUT2D eigenvalue weighted by Crippen LogP contribution is 2.10. The molecule has 2 aromatic rings. The van der Waals surface area contributed by atoms with Crippen LogP contribution in [-0.4, -0.2) is 23.3 Å². The van der Waals surface area contributed by atoms with E-state index in [1.54, 1.807) is 12.3 Å². The maximum Gasteiger partial charge on any atom is 0.338 e. The number of hydrogen-bond acceptors (Lipinski definition) is 4. The molecule has 1 aromatic carbocycles. The molecule has 0 bridgehead atoms. The molecule has 2 rings (SSSR count). The fraction of sp³-hybridized carbons (Fsp3) is 0.231. The number of rotatable bonds is 5. The molecule has 18 heavy (non-hydrogen) atoms. The molecular formula is C13H15N3O2. The van der Waals surface area contributed by atoms with Gasteiger partial charge in [0.25, 0.3) is 0 Å². The van der Waals surface area contributed by atoms with Gasteiger partial charge < -0.3 is 10.1 Å². The molecule has 5 nitrogen and oxygen atoms in total. The van der Waals surface area contributed by atoms with Gasteiger partial charge in [-0.05, 0) is 11.6 Å².